The van der Waals surface area contributed by atoms with E-state index in [1.54, 1.807) is 0 Å². The molecule has 0 spiro atoms. The van der Waals surface area contributed by atoms with Gasteiger partial charge in [-0.15, -0.1) is 0 Å². The minimum atomic E-state index is 0.479. The van der Waals surface area contributed by atoms with Crippen LogP contribution in [-0.4, -0.2) is 0 Å². The van der Waals surface area contributed by atoms with Crippen LogP contribution in [0.2, 0.25) is 0 Å². The van der Waals surface area contributed by atoms with E-state index >= 15 is 0 Å². The van der Waals surface area contributed by atoms with E-state index in [1.165, 1.54) is 20.3 Å². The SMILES string of the molecule is Cc1ccc(C(C)C)c(OCc2ccc(I)cc2)c1. The van der Waals surface area contributed by atoms with E-state index in [0.29, 0.717) is 12.5 Å². The minimum absolute atomic E-state index is 0.479. The molecular weight excluding hydrogens is 347 g/mol. The van der Waals surface area contributed by atoms with E-state index in [0.717, 1.165) is 5.75 Å². The Labute approximate surface area is 129 Å². The van der Waals surface area contributed by atoms with Crippen LogP contribution < -0.4 is 4.74 Å². The first-order chi connectivity index (χ1) is 9.06. The van der Waals surface area contributed by atoms with Gasteiger partial charge in [-0.1, -0.05) is 38.1 Å². The van der Waals surface area contributed by atoms with Crippen molar-refractivity contribution in [2.45, 2.75) is 33.3 Å². The first-order valence-corrected chi connectivity index (χ1v) is 7.62. The third-order valence-corrected chi connectivity index (χ3v) is 3.82. The van der Waals surface area contributed by atoms with Crippen molar-refractivity contribution in [1.82, 2.24) is 0 Å². The summed E-state index contributed by atoms with van der Waals surface area (Å²) in [6.45, 7) is 7.12. The van der Waals surface area contributed by atoms with Crippen molar-refractivity contribution in [2.75, 3.05) is 0 Å². The van der Waals surface area contributed by atoms with Gasteiger partial charge in [-0.2, -0.15) is 0 Å². The van der Waals surface area contributed by atoms with Crippen molar-refractivity contribution in [2.24, 2.45) is 0 Å². The Morgan fingerprint density at radius 1 is 1.05 bits per heavy atom. The third-order valence-electron chi connectivity index (χ3n) is 3.10. The van der Waals surface area contributed by atoms with Gasteiger partial charge in [-0.3, -0.25) is 0 Å². The van der Waals surface area contributed by atoms with Gasteiger partial charge in [0.1, 0.15) is 12.4 Å². The van der Waals surface area contributed by atoms with Gasteiger partial charge < -0.3 is 4.74 Å². The zero-order valence-corrected chi connectivity index (χ0v) is 13.8. The molecule has 2 aromatic rings. The van der Waals surface area contributed by atoms with Crippen LogP contribution in [0.3, 0.4) is 0 Å². The number of halogens is 1. The first-order valence-electron chi connectivity index (χ1n) is 6.54. The van der Waals surface area contributed by atoms with Gasteiger partial charge in [-0.05, 0) is 70.3 Å². The summed E-state index contributed by atoms with van der Waals surface area (Å²) in [6.07, 6.45) is 0. The third kappa shape index (κ3) is 3.96. The lowest BCUT2D eigenvalue weighted by Crippen LogP contribution is -2.00. The van der Waals surface area contributed by atoms with Crippen LogP contribution in [0.5, 0.6) is 5.75 Å². The molecule has 0 unspecified atom stereocenters. The summed E-state index contributed by atoms with van der Waals surface area (Å²) in [5, 5.41) is 0. The first kappa shape index (κ1) is 14.4. The molecule has 0 bridgehead atoms. The van der Waals surface area contributed by atoms with Crippen LogP contribution in [0.4, 0.5) is 0 Å². The monoisotopic (exact) mass is 366 g/mol. The van der Waals surface area contributed by atoms with Gasteiger partial charge in [0.05, 0.1) is 0 Å². The maximum atomic E-state index is 6.00. The molecule has 2 heteroatoms. The molecule has 0 fully saturated rings. The van der Waals surface area contributed by atoms with Crippen molar-refractivity contribution < 1.29 is 4.74 Å². The Bertz CT molecular complexity index is 544. The Hall–Kier alpha value is -1.03. The molecule has 0 atom stereocenters. The van der Waals surface area contributed by atoms with Crippen LogP contribution in [0.25, 0.3) is 0 Å². The fourth-order valence-corrected chi connectivity index (χ4v) is 2.34. The molecule has 2 rings (SSSR count). The lowest BCUT2D eigenvalue weighted by Gasteiger charge is -2.15. The summed E-state index contributed by atoms with van der Waals surface area (Å²) < 4.78 is 7.25. The van der Waals surface area contributed by atoms with E-state index in [4.69, 9.17) is 4.74 Å². The Morgan fingerprint density at radius 2 is 1.74 bits per heavy atom. The maximum absolute atomic E-state index is 6.00. The van der Waals surface area contributed by atoms with Gasteiger partial charge in [0.15, 0.2) is 0 Å². The number of aryl methyl sites for hydroxylation is 1. The molecule has 0 aliphatic heterocycles. The van der Waals surface area contributed by atoms with Crippen LogP contribution in [0.1, 0.15) is 36.5 Å². The quantitative estimate of drug-likeness (QED) is 0.667. The van der Waals surface area contributed by atoms with E-state index in [-0.39, 0.29) is 0 Å². The summed E-state index contributed by atoms with van der Waals surface area (Å²) in [5.41, 5.74) is 3.72. The molecule has 0 heterocycles. The highest BCUT2D eigenvalue weighted by molar-refractivity contribution is 14.1. The smallest absolute Gasteiger partial charge is 0.123 e. The zero-order valence-electron chi connectivity index (χ0n) is 11.6. The highest BCUT2D eigenvalue weighted by Crippen LogP contribution is 2.28. The number of hydrogen-bond acceptors (Lipinski definition) is 1. The summed E-state index contributed by atoms with van der Waals surface area (Å²) in [6, 6.07) is 14.9. The van der Waals surface area contributed by atoms with Crippen molar-refractivity contribution in [3.63, 3.8) is 0 Å². The lowest BCUT2D eigenvalue weighted by molar-refractivity contribution is 0.301. The molecule has 2 aromatic carbocycles. The van der Waals surface area contributed by atoms with Gasteiger partial charge in [0, 0.05) is 3.57 Å². The fraction of sp³-hybridized carbons (Fsp3) is 0.294. The van der Waals surface area contributed by atoms with Crippen LogP contribution >= 0.6 is 22.6 Å². The number of ether oxygens (including phenoxy) is 1. The Kier molecular flexibility index (Phi) is 4.86. The zero-order chi connectivity index (χ0) is 13.8. The largest absolute Gasteiger partial charge is 0.489 e. The molecule has 0 saturated carbocycles. The van der Waals surface area contributed by atoms with Crippen LogP contribution in [0.15, 0.2) is 42.5 Å². The van der Waals surface area contributed by atoms with Crippen molar-refractivity contribution in [1.29, 1.82) is 0 Å². The summed E-state index contributed by atoms with van der Waals surface area (Å²) in [4.78, 5) is 0. The Balaban J connectivity index is 2.14. The van der Waals surface area contributed by atoms with Gasteiger partial charge in [-0.25, -0.2) is 0 Å². The summed E-state index contributed by atoms with van der Waals surface area (Å²) >= 11 is 2.31. The van der Waals surface area contributed by atoms with Crippen LogP contribution in [0, 0.1) is 10.5 Å². The summed E-state index contributed by atoms with van der Waals surface area (Å²) in [5.74, 6) is 1.49. The minimum Gasteiger partial charge on any atom is -0.489 e. The maximum Gasteiger partial charge on any atom is 0.123 e. The normalized spacial score (nSPS) is 10.8. The standard InChI is InChI=1S/C17H19IO/c1-12(2)16-9-4-13(3)10-17(16)19-11-14-5-7-15(18)8-6-14/h4-10,12H,11H2,1-3H3. The summed E-state index contributed by atoms with van der Waals surface area (Å²) in [7, 11) is 0. The number of benzene rings is 2. The molecule has 0 saturated heterocycles. The molecule has 100 valence electrons. The molecule has 0 aromatic heterocycles. The van der Waals surface area contributed by atoms with Gasteiger partial charge in [0.25, 0.3) is 0 Å². The molecular formula is C17H19IO. The predicted octanol–water partition coefficient (Wildman–Crippen LogP) is 5.30. The molecule has 0 aliphatic rings. The number of rotatable bonds is 4. The highest BCUT2D eigenvalue weighted by atomic mass is 127. The molecule has 0 aliphatic carbocycles. The second-order valence-electron chi connectivity index (χ2n) is 5.11. The Morgan fingerprint density at radius 3 is 2.37 bits per heavy atom. The average Bonchev–Trinajstić information content (AvgIpc) is 2.38. The second kappa shape index (κ2) is 6.42. The van der Waals surface area contributed by atoms with Gasteiger partial charge in [0.2, 0.25) is 0 Å². The molecule has 0 N–H and O–H groups in total. The molecule has 1 nitrogen and oxygen atoms in total. The lowest BCUT2D eigenvalue weighted by atomic mass is 10.0. The van der Waals surface area contributed by atoms with E-state index in [1.807, 2.05) is 0 Å². The van der Waals surface area contributed by atoms with Crippen molar-refractivity contribution in [3.8, 4) is 5.75 Å². The van der Waals surface area contributed by atoms with E-state index < -0.39 is 0 Å². The fourth-order valence-electron chi connectivity index (χ4n) is 1.99. The number of hydrogen-bond donors (Lipinski definition) is 0. The average molecular weight is 366 g/mol. The van der Waals surface area contributed by atoms with Crippen LogP contribution in [-0.2, 0) is 6.61 Å². The van der Waals surface area contributed by atoms with Crippen molar-refractivity contribution in [3.05, 3.63) is 62.7 Å². The van der Waals surface area contributed by atoms with E-state index in [9.17, 15) is 0 Å². The second-order valence-corrected chi connectivity index (χ2v) is 6.36. The topological polar surface area (TPSA) is 9.23 Å². The highest BCUT2D eigenvalue weighted by Gasteiger charge is 2.08. The van der Waals surface area contributed by atoms with Crippen molar-refractivity contribution >= 4 is 22.6 Å². The molecule has 0 amide bonds. The molecule has 0 radical (unpaired) electrons. The molecule has 19 heavy (non-hydrogen) atoms. The van der Waals surface area contributed by atoms with E-state index in [2.05, 4.69) is 85.8 Å². The predicted molar refractivity (Wildman–Crippen MR) is 88.8 cm³/mol. The van der Waals surface area contributed by atoms with Gasteiger partial charge >= 0.3 is 0 Å².